The summed E-state index contributed by atoms with van der Waals surface area (Å²) in [6.07, 6.45) is 3.35. The lowest BCUT2D eigenvalue weighted by molar-refractivity contribution is 0.0696. The minimum Gasteiger partial charge on any atom is -0.496 e. The Morgan fingerprint density at radius 3 is 2.39 bits per heavy atom. The van der Waals surface area contributed by atoms with E-state index >= 15 is 0 Å². The third kappa shape index (κ3) is 4.16. The predicted molar refractivity (Wildman–Crippen MR) is 118 cm³/mol. The SMILES string of the molecule is COc1cc2ccccc2cc1C(=O)N/N=C\c1cccn1-c1ccc(C(=O)O)cc1. The van der Waals surface area contributed by atoms with E-state index in [1.165, 1.54) is 25.5 Å². The Labute approximate surface area is 178 Å². The number of fused-ring (bicyclic) bond motifs is 1. The maximum Gasteiger partial charge on any atom is 0.335 e. The normalized spacial score (nSPS) is 11.0. The standard InChI is InChI=1S/C24H19N3O4/c1-31-22-14-18-6-3-2-5-17(18)13-21(22)23(28)26-25-15-20-7-4-12-27(20)19-10-8-16(9-11-19)24(29)30/h2-15H,1H3,(H,26,28)(H,29,30)/b25-15-. The summed E-state index contributed by atoms with van der Waals surface area (Å²) in [5.41, 5.74) is 4.63. The highest BCUT2D eigenvalue weighted by atomic mass is 16.5. The van der Waals surface area contributed by atoms with E-state index < -0.39 is 5.97 Å². The van der Waals surface area contributed by atoms with Crippen LogP contribution >= 0.6 is 0 Å². The Balaban J connectivity index is 1.53. The fourth-order valence-corrected chi connectivity index (χ4v) is 3.28. The van der Waals surface area contributed by atoms with Gasteiger partial charge in [0.25, 0.3) is 5.91 Å². The van der Waals surface area contributed by atoms with Crippen molar-refractivity contribution in [2.75, 3.05) is 7.11 Å². The summed E-state index contributed by atoms with van der Waals surface area (Å²) in [6, 6.07) is 21.5. The number of aromatic nitrogens is 1. The number of carbonyl (C=O) groups excluding carboxylic acids is 1. The molecular formula is C24H19N3O4. The molecule has 3 aromatic carbocycles. The van der Waals surface area contributed by atoms with Crippen molar-refractivity contribution in [1.29, 1.82) is 0 Å². The molecule has 0 unspecified atom stereocenters. The molecule has 0 radical (unpaired) electrons. The number of rotatable bonds is 6. The molecule has 4 aromatic rings. The van der Waals surface area contributed by atoms with Crippen LogP contribution in [-0.2, 0) is 0 Å². The molecule has 0 aliphatic carbocycles. The average Bonchev–Trinajstić information content (AvgIpc) is 3.26. The molecular weight excluding hydrogens is 394 g/mol. The first-order chi connectivity index (χ1) is 15.1. The van der Waals surface area contributed by atoms with Gasteiger partial charge in [0.2, 0.25) is 0 Å². The Morgan fingerprint density at radius 2 is 1.71 bits per heavy atom. The van der Waals surface area contributed by atoms with Gasteiger partial charge >= 0.3 is 5.97 Å². The molecule has 4 rings (SSSR count). The van der Waals surface area contributed by atoms with Crippen LogP contribution in [0.1, 0.15) is 26.4 Å². The Morgan fingerprint density at radius 1 is 1.00 bits per heavy atom. The number of ether oxygens (including phenoxy) is 1. The van der Waals surface area contributed by atoms with Crippen LogP contribution in [0.2, 0.25) is 0 Å². The van der Waals surface area contributed by atoms with E-state index in [2.05, 4.69) is 10.5 Å². The number of nitrogens with zero attached hydrogens (tertiary/aromatic N) is 2. The van der Waals surface area contributed by atoms with Gasteiger partial charge in [-0.1, -0.05) is 24.3 Å². The van der Waals surface area contributed by atoms with Crippen molar-refractivity contribution in [2.24, 2.45) is 5.10 Å². The number of hydrogen-bond acceptors (Lipinski definition) is 4. The summed E-state index contributed by atoms with van der Waals surface area (Å²) >= 11 is 0. The van der Waals surface area contributed by atoms with Crippen LogP contribution in [0.25, 0.3) is 16.5 Å². The largest absolute Gasteiger partial charge is 0.496 e. The molecule has 0 saturated carbocycles. The number of methoxy groups -OCH3 is 1. The molecule has 0 bridgehead atoms. The number of benzene rings is 3. The number of carboxylic acid groups (broad SMARTS) is 1. The fraction of sp³-hybridized carbons (Fsp3) is 0.0417. The second-order valence-corrected chi connectivity index (χ2v) is 6.75. The number of amides is 1. The maximum absolute atomic E-state index is 12.7. The van der Waals surface area contributed by atoms with Crippen LogP contribution in [0.3, 0.4) is 0 Å². The number of carbonyl (C=O) groups is 2. The number of carboxylic acids is 1. The van der Waals surface area contributed by atoms with Gasteiger partial charge in [0.1, 0.15) is 5.75 Å². The van der Waals surface area contributed by atoms with Crippen molar-refractivity contribution in [1.82, 2.24) is 9.99 Å². The van der Waals surface area contributed by atoms with Crippen LogP contribution in [0.15, 0.2) is 84.1 Å². The molecule has 0 aliphatic heterocycles. The summed E-state index contributed by atoms with van der Waals surface area (Å²) in [5.74, 6) is -0.899. The third-order valence-corrected chi connectivity index (χ3v) is 4.85. The first-order valence-electron chi connectivity index (χ1n) is 9.48. The van der Waals surface area contributed by atoms with E-state index in [0.29, 0.717) is 17.0 Å². The van der Waals surface area contributed by atoms with Gasteiger partial charge in [0.05, 0.1) is 30.1 Å². The van der Waals surface area contributed by atoms with Gasteiger partial charge in [-0.25, -0.2) is 10.2 Å². The first-order valence-corrected chi connectivity index (χ1v) is 9.48. The molecule has 0 fully saturated rings. The minimum atomic E-state index is -0.979. The summed E-state index contributed by atoms with van der Waals surface area (Å²) in [6.45, 7) is 0. The molecule has 1 amide bonds. The van der Waals surface area contributed by atoms with Gasteiger partial charge in [-0.05, 0) is 59.3 Å². The molecule has 154 valence electrons. The highest BCUT2D eigenvalue weighted by molar-refractivity contribution is 6.02. The van der Waals surface area contributed by atoms with Gasteiger partial charge in [-0.2, -0.15) is 5.10 Å². The summed E-state index contributed by atoms with van der Waals surface area (Å²) in [4.78, 5) is 23.7. The molecule has 7 heteroatoms. The molecule has 0 saturated heterocycles. The minimum absolute atomic E-state index is 0.211. The van der Waals surface area contributed by atoms with Crippen LogP contribution in [0.4, 0.5) is 0 Å². The molecule has 0 atom stereocenters. The van der Waals surface area contributed by atoms with E-state index in [1.807, 2.05) is 53.2 Å². The molecule has 0 spiro atoms. The van der Waals surface area contributed by atoms with E-state index in [4.69, 9.17) is 9.84 Å². The second kappa shape index (κ2) is 8.54. The molecule has 0 aliphatic rings. The van der Waals surface area contributed by atoms with Crippen molar-refractivity contribution in [3.05, 3.63) is 95.8 Å². The number of nitrogens with one attached hydrogen (secondary N) is 1. The van der Waals surface area contributed by atoms with E-state index in [1.54, 1.807) is 18.2 Å². The van der Waals surface area contributed by atoms with Gasteiger partial charge in [0.15, 0.2) is 0 Å². The van der Waals surface area contributed by atoms with Crippen molar-refractivity contribution in [2.45, 2.75) is 0 Å². The number of aromatic carboxylic acids is 1. The molecule has 1 aromatic heterocycles. The zero-order chi connectivity index (χ0) is 21.8. The Bertz CT molecular complexity index is 1290. The first kappa shape index (κ1) is 19.9. The van der Waals surface area contributed by atoms with Crippen molar-refractivity contribution in [3.8, 4) is 11.4 Å². The van der Waals surface area contributed by atoms with E-state index in [-0.39, 0.29) is 11.5 Å². The topological polar surface area (TPSA) is 92.9 Å². The molecule has 7 nitrogen and oxygen atoms in total. The summed E-state index contributed by atoms with van der Waals surface area (Å²) in [7, 11) is 1.52. The van der Waals surface area contributed by atoms with E-state index in [9.17, 15) is 9.59 Å². The monoisotopic (exact) mass is 413 g/mol. The zero-order valence-corrected chi connectivity index (χ0v) is 16.6. The van der Waals surface area contributed by atoms with Crippen molar-refractivity contribution in [3.63, 3.8) is 0 Å². The quantitative estimate of drug-likeness (QED) is 0.368. The zero-order valence-electron chi connectivity index (χ0n) is 16.6. The van der Waals surface area contributed by atoms with Crippen LogP contribution in [0.5, 0.6) is 5.75 Å². The second-order valence-electron chi connectivity index (χ2n) is 6.75. The van der Waals surface area contributed by atoms with Crippen molar-refractivity contribution >= 4 is 28.9 Å². The van der Waals surface area contributed by atoms with Gasteiger partial charge in [-0.15, -0.1) is 0 Å². The summed E-state index contributed by atoms with van der Waals surface area (Å²) in [5, 5.41) is 15.0. The van der Waals surface area contributed by atoms with Gasteiger partial charge in [0, 0.05) is 11.9 Å². The average molecular weight is 413 g/mol. The smallest absolute Gasteiger partial charge is 0.335 e. The van der Waals surface area contributed by atoms with Gasteiger partial charge < -0.3 is 14.4 Å². The lowest BCUT2D eigenvalue weighted by Gasteiger charge is -2.09. The van der Waals surface area contributed by atoms with E-state index in [0.717, 1.165) is 16.5 Å². The molecule has 31 heavy (non-hydrogen) atoms. The lowest BCUT2D eigenvalue weighted by Crippen LogP contribution is -2.18. The lowest BCUT2D eigenvalue weighted by atomic mass is 10.1. The number of hydrogen-bond donors (Lipinski definition) is 2. The molecule has 1 heterocycles. The van der Waals surface area contributed by atoms with Crippen LogP contribution in [0, 0.1) is 0 Å². The highest BCUT2D eigenvalue weighted by Crippen LogP contribution is 2.25. The molecule has 2 N–H and O–H groups in total. The van der Waals surface area contributed by atoms with Crippen LogP contribution < -0.4 is 10.2 Å². The predicted octanol–water partition coefficient (Wildman–Crippen LogP) is 4.10. The Kier molecular flexibility index (Phi) is 5.49. The highest BCUT2D eigenvalue weighted by Gasteiger charge is 2.13. The number of hydrazone groups is 1. The van der Waals surface area contributed by atoms with Crippen LogP contribution in [-0.4, -0.2) is 34.9 Å². The fourth-order valence-electron chi connectivity index (χ4n) is 3.28. The van der Waals surface area contributed by atoms with Gasteiger partial charge in [-0.3, -0.25) is 4.79 Å². The third-order valence-electron chi connectivity index (χ3n) is 4.85. The summed E-state index contributed by atoms with van der Waals surface area (Å²) < 4.78 is 7.20. The van der Waals surface area contributed by atoms with Crippen molar-refractivity contribution < 1.29 is 19.4 Å². The Hall–Kier alpha value is -4.39. The maximum atomic E-state index is 12.7.